The standard InChI is InChI=1S/C22H32N2O5/c1-26-18-3-4-20(27-2)17(13-18)15-23-7-5-22(6-8-23)14-19(29-21(22)25)16-24-9-11-28-12-10-24/h3-4,13,19H,5-12,14-16H2,1-2H3. The molecule has 3 fully saturated rings. The molecule has 4 rings (SSSR count). The lowest BCUT2D eigenvalue weighted by Crippen LogP contribution is -2.43. The van der Waals surface area contributed by atoms with Crippen LogP contribution in [0, 0.1) is 5.41 Å². The molecule has 1 aromatic carbocycles. The van der Waals surface area contributed by atoms with Crippen LogP contribution in [0.2, 0.25) is 0 Å². The number of carbonyl (C=O) groups excluding carboxylic acids is 1. The van der Waals surface area contributed by atoms with Gasteiger partial charge in [0, 0.05) is 38.2 Å². The molecule has 1 unspecified atom stereocenters. The summed E-state index contributed by atoms with van der Waals surface area (Å²) in [7, 11) is 3.37. The lowest BCUT2D eigenvalue weighted by Gasteiger charge is -2.37. The molecular formula is C22H32N2O5. The number of benzene rings is 1. The summed E-state index contributed by atoms with van der Waals surface area (Å²) in [6.07, 6.45) is 2.58. The first-order valence-corrected chi connectivity index (χ1v) is 10.6. The van der Waals surface area contributed by atoms with Crippen LogP contribution in [0.4, 0.5) is 0 Å². The fourth-order valence-corrected chi connectivity index (χ4v) is 4.80. The van der Waals surface area contributed by atoms with Crippen LogP contribution in [0.1, 0.15) is 24.8 Å². The highest BCUT2D eigenvalue weighted by Crippen LogP contribution is 2.43. The molecule has 7 nitrogen and oxygen atoms in total. The van der Waals surface area contributed by atoms with Gasteiger partial charge in [0.15, 0.2) is 0 Å². The first-order chi connectivity index (χ1) is 14.1. The van der Waals surface area contributed by atoms with Crippen LogP contribution in [-0.4, -0.2) is 82.0 Å². The van der Waals surface area contributed by atoms with E-state index in [1.54, 1.807) is 14.2 Å². The summed E-state index contributed by atoms with van der Waals surface area (Å²) in [5, 5.41) is 0. The molecule has 3 saturated heterocycles. The Hall–Kier alpha value is -1.83. The largest absolute Gasteiger partial charge is 0.497 e. The molecule has 0 bridgehead atoms. The Morgan fingerprint density at radius 2 is 1.83 bits per heavy atom. The number of hydrogen-bond donors (Lipinski definition) is 0. The van der Waals surface area contributed by atoms with E-state index < -0.39 is 0 Å². The Balaban J connectivity index is 1.33. The van der Waals surface area contributed by atoms with Crippen molar-refractivity contribution in [3.05, 3.63) is 23.8 Å². The lowest BCUT2D eigenvalue weighted by molar-refractivity contribution is -0.151. The number of carbonyl (C=O) groups is 1. The SMILES string of the molecule is COc1ccc(OC)c(CN2CCC3(CC2)CC(CN2CCOCC2)OC3=O)c1. The van der Waals surface area contributed by atoms with Crippen molar-refractivity contribution in [3.63, 3.8) is 0 Å². The molecule has 3 aliphatic rings. The quantitative estimate of drug-likeness (QED) is 0.672. The number of hydrogen-bond acceptors (Lipinski definition) is 7. The van der Waals surface area contributed by atoms with Crippen molar-refractivity contribution < 1.29 is 23.7 Å². The van der Waals surface area contributed by atoms with Crippen LogP contribution >= 0.6 is 0 Å². The number of nitrogens with zero attached hydrogens (tertiary/aromatic N) is 2. The molecule has 29 heavy (non-hydrogen) atoms. The third-order valence-electron chi connectivity index (χ3n) is 6.59. The number of likely N-dealkylation sites (tertiary alicyclic amines) is 1. The van der Waals surface area contributed by atoms with Crippen LogP contribution in [0.25, 0.3) is 0 Å². The van der Waals surface area contributed by atoms with Crippen LogP contribution in [0.15, 0.2) is 18.2 Å². The van der Waals surface area contributed by atoms with Crippen LogP contribution in [-0.2, 0) is 20.8 Å². The second-order valence-corrected chi connectivity index (χ2v) is 8.38. The van der Waals surface area contributed by atoms with Gasteiger partial charge in [-0.15, -0.1) is 0 Å². The number of ether oxygens (including phenoxy) is 4. The van der Waals surface area contributed by atoms with Gasteiger partial charge in [-0.25, -0.2) is 0 Å². The van der Waals surface area contributed by atoms with Crippen molar-refractivity contribution in [1.82, 2.24) is 9.80 Å². The topological polar surface area (TPSA) is 60.5 Å². The number of piperidine rings is 1. The number of rotatable bonds is 6. The number of cyclic esters (lactones) is 1. The normalized spacial score (nSPS) is 25.2. The van der Waals surface area contributed by atoms with E-state index in [-0.39, 0.29) is 17.5 Å². The Morgan fingerprint density at radius 1 is 1.07 bits per heavy atom. The Bertz CT molecular complexity index is 711. The van der Waals surface area contributed by atoms with E-state index in [2.05, 4.69) is 9.80 Å². The highest BCUT2D eigenvalue weighted by molar-refractivity contribution is 5.79. The molecule has 7 heteroatoms. The predicted molar refractivity (Wildman–Crippen MR) is 108 cm³/mol. The summed E-state index contributed by atoms with van der Waals surface area (Å²) < 4.78 is 22.1. The van der Waals surface area contributed by atoms with Gasteiger partial charge in [-0.05, 0) is 44.1 Å². The predicted octanol–water partition coefficient (Wildman–Crippen LogP) is 1.93. The molecule has 1 atom stereocenters. The Kier molecular flexibility index (Phi) is 6.27. The maximum absolute atomic E-state index is 12.7. The van der Waals surface area contributed by atoms with Crippen molar-refractivity contribution >= 4 is 5.97 Å². The van der Waals surface area contributed by atoms with Gasteiger partial charge in [0.05, 0.1) is 32.8 Å². The van der Waals surface area contributed by atoms with Crippen LogP contribution in [0.5, 0.6) is 11.5 Å². The number of esters is 1. The second kappa shape index (κ2) is 8.90. The first-order valence-electron chi connectivity index (χ1n) is 10.6. The Morgan fingerprint density at radius 3 is 2.52 bits per heavy atom. The van der Waals surface area contributed by atoms with Gasteiger partial charge in [0.25, 0.3) is 0 Å². The maximum atomic E-state index is 12.7. The van der Waals surface area contributed by atoms with E-state index in [1.165, 1.54) is 0 Å². The minimum absolute atomic E-state index is 0.00868. The van der Waals surface area contributed by atoms with Gasteiger partial charge in [0.2, 0.25) is 0 Å². The van der Waals surface area contributed by atoms with E-state index >= 15 is 0 Å². The molecule has 160 valence electrons. The molecule has 0 aliphatic carbocycles. The second-order valence-electron chi connectivity index (χ2n) is 8.38. The zero-order valence-corrected chi connectivity index (χ0v) is 17.5. The lowest BCUT2D eigenvalue weighted by atomic mass is 9.76. The monoisotopic (exact) mass is 404 g/mol. The van der Waals surface area contributed by atoms with E-state index in [4.69, 9.17) is 18.9 Å². The van der Waals surface area contributed by atoms with Crippen LogP contribution in [0.3, 0.4) is 0 Å². The molecule has 0 N–H and O–H groups in total. The minimum Gasteiger partial charge on any atom is -0.497 e. The third kappa shape index (κ3) is 4.52. The average Bonchev–Trinajstić information content (AvgIpc) is 3.04. The van der Waals surface area contributed by atoms with E-state index in [1.807, 2.05) is 18.2 Å². The molecular weight excluding hydrogens is 372 g/mol. The molecule has 0 aromatic heterocycles. The average molecular weight is 405 g/mol. The van der Waals surface area contributed by atoms with Gasteiger partial charge in [0.1, 0.15) is 17.6 Å². The molecule has 1 spiro atoms. The summed E-state index contributed by atoms with van der Waals surface area (Å²) >= 11 is 0. The molecule has 3 heterocycles. The van der Waals surface area contributed by atoms with Crippen molar-refractivity contribution in [2.45, 2.75) is 31.9 Å². The number of methoxy groups -OCH3 is 2. The van der Waals surface area contributed by atoms with E-state index in [0.29, 0.717) is 0 Å². The summed E-state index contributed by atoms with van der Waals surface area (Å²) in [6, 6.07) is 5.90. The smallest absolute Gasteiger partial charge is 0.312 e. The summed E-state index contributed by atoms with van der Waals surface area (Å²) in [4.78, 5) is 17.5. The minimum atomic E-state index is -0.300. The molecule has 3 aliphatic heterocycles. The maximum Gasteiger partial charge on any atom is 0.312 e. The van der Waals surface area contributed by atoms with Gasteiger partial charge in [-0.1, -0.05) is 0 Å². The van der Waals surface area contributed by atoms with Crippen molar-refractivity contribution in [2.24, 2.45) is 5.41 Å². The van der Waals surface area contributed by atoms with Gasteiger partial charge in [-0.3, -0.25) is 14.6 Å². The van der Waals surface area contributed by atoms with Crippen molar-refractivity contribution in [3.8, 4) is 11.5 Å². The number of morpholine rings is 1. The van der Waals surface area contributed by atoms with Gasteiger partial charge >= 0.3 is 5.97 Å². The third-order valence-corrected chi connectivity index (χ3v) is 6.59. The molecule has 0 saturated carbocycles. The fourth-order valence-electron chi connectivity index (χ4n) is 4.80. The fraction of sp³-hybridized carbons (Fsp3) is 0.682. The summed E-state index contributed by atoms with van der Waals surface area (Å²) in [5.41, 5.74) is 0.813. The molecule has 1 aromatic rings. The Labute approximate surface area is 172 Å². The molecule has 0 radical (unpaired) electrons. The van der Waals surface area contributed by atoms with Gasteiger partial charge < -0.3 is 18.9 Å². The molecule has 0 amide bonds. The summed E-state index contributed by atoms with van der Waals surface area (Å²) in [5.74, 6) is 1.71. The van der Waals surface area contributed by atoms with Crippen molar-refractivity contribution in [1.29, 1.82) is 0 Å². The first kappa shape index (κ1) is 20.4. The van der Waals surface area contributed by atoms with Crippen LogP contribution < -0.4 is 9.47 Å². The van der Waals surface area contributed by atoms with Crippen molar-refractivity contribution in [2.75, 3.05) is 60.2 Å². The summed E-state index contributed by atoms with van der Waals surface area (Å²) in [6.45, 7) is 6.81. The highest BCUT2D eigenvalue weighted by Gasteiger charge is 2.50. The zero-order chi connectivity index (χ0) is 20.3. The van der Waals surface area contributed by atoms with Gasteiger partial charge in [-0.2, -0.15) is 0 Å². The zero-order valence-electron chi connectivity index (χ0n) is 17.5. The van der Waals surface area contributed by atoms with E-state index in [9.17, 15) is 4.79 Å². The van der Waals surface area contributed by atoms with E-state index in [0.717, 1.165) is 88.8 Å². The highest BCUT2D eigenvalue weighted by atomic mass is 16.6.